The molecule has 1 rings (SSSR count). The number of alkyl halides is 2. The molecule has 0 saturated heterocycles. The SMILES string of the molecule is CCOC(=O)c1c(C(F)F)c([N+](=O)[O-])c[nH]c1=O. The molecule has 0 unspecified atom stereocenters. The van der Waals surface area contributed by atoms with Crippen LogP contribution in [0.1, 0.15) is 29.3 Å². The number of esters is 1. The number of carbonyl (C=O) groups excluding carboxylic acids is 1. The summed E-state index contributed by atoms with van der Waals surface area (Å²) in [6.07, 6.45) is -2.82. The average molecular weight is 262 g/mol. The van der Waals surface area contributed by atoms with E-state index in [4.69, 9.17) is 0 Å². The number of hydrogen-bond acceptors (Lipinski definition) is 5. The molecule has 0 aliphatic carbocycles. The predicted molar refractivity (Wildman–Crippen MR) is 54.6 cm³/mol. The number of hydrogen-bond donors (Lipinski definition) is 1. The van der Waals surface area contributed by atoms with Crippen LogP contribution in [0.2, 0.25) is 0 Å². The van der Waals surface area contributed by atoms with Crippen LogP contribution in [-0.4, -0.2) is 22.5 Å². The molecule has 0 bridgehead atoms. The summed E-state index contributed by atoms with van der Waals surface area (Å²) in [5.41, 5.74) is -4.47. The van der Waals surface area contributed by atoms with Gasteiger partial charge in [-0.2, -0.15) is 0 Å². The van der Waals surface area contributed by atoms with E-state index in [-0.39, 0.29) is 6.61 Å². The zero-order chi connectivity index (χ0) is 13.9. The van der Waals surface area contributed by atoms with Crippen LogP contribution in [-0.2, 0) is 4.74 Å². The second-order valence-electron chi connectivity index (χ2n) is 3.07. The largest absolute Gasteiger partial charge is 0.462 e. The van der Waals surface area contributed by atoms with E-state index in [1.807, 2.05) is 4.98 Å². The average Bonchev–Trinajstić information content (AvgIpc) is 2.27. The van der Waals surface area contributed by atoms with Gasteiger partial charge in [-0.1, -0.05) is 0 Å². The Balaban J connectivity index is 3.56. The van der Waals surface area contributed by atoms with Crippen molar-refractivity contribution in [3.8, 4) is 0 Å². The number of nitrogens with one attached hydrogen (secondary N) is 1. The first-order chi connectivity index (χ1) is 8.40. The Morgan fingerprint density at radius 3 is 2.67 bits per heavy atom. The monoisotopic (exact) mass is 262 g/mol. The van der Waals surface area contributed by atoms with E-state index in [9.17, 15) is 28.5 Å². The highest BCUT2D eigenvalue weighted by Gasteiger charge is 2.32. The molecule has 1 aromatic rings. The van der Waals surface area contributed by atoms with Crippen molar-refractivity contribution >= 4 is 11.7 Å². The van der Waals surface area contributed by atoms with Crippen LogP contribution >= 0.6 is 0 Å². The second-order valence-corrected chi connectivity index (χ2v) is 3.07. The summed E-state index contributed by atoms with van der Waals surface area (Å²) in [4.78, 5) is 34.0. The van der Waals surface area contributed by atoms with Crippen LogP contribution in [0.4, 0.5) is 14.5 Å². The third kappa shape index (κ3) is 2.50. The highest BCUT2D eigenvalue weighted by molar-refractivity contribution is 5.91. The maximum Gasteiger partial charge on any atom is 0.344 e. The van der Waals surface area contributed by atoms with Crippen LogP contribution in [0.5, 0.6) is 0 Å². The number of H-pyrrole nitrogens is 1. The Morgan fingerprint density at radius 1 is 1.61 bits per heavy atom. The van der Waals surface area contributed by atoms with Gasteiger partial charge in [0.2, 0.25) is 0 Å². The molecule has 0 atom stereocenters. The summed E-state index contributed by atoms with van der Waals surface area (Å²) in [6, 6.07) is 0. The lowest BCUT2D eigenvalue weighted by atomic mass is 10.1. The first kappa shape index (κ1) is 13.7. The van der Waals surface area contributed by atoms with Crippen molar-refractivity contribution in [3.63, 3.8) is 0 Å². The molecular formula is C9H8F2N2O5. The maximum absolute atomic E-state index is 12.8. The quantitative estimate of drug-likeness (QED) is 0.502. The molecule has 0 radical (unpaired) electrons. The minimum absolute atomic E-state index is 0.149. The van der Waals surface area contributed by atoms with E-state index in [1.54, 1.807) is 0 Å². The molecule has 0 aromatic carbocycles. The van der Waals surface area contributed by atoms with Gasteiger partial charge in [0.05, 0.1) is 17.7 Å². The molecule has 18 heavy (non-hydrogen) atoms. The Kier molecular flexibility index (Phi) is 4.08. The van der Waals surface area contributed by atoms with Crippen LogP contribution in [0, 0.1) is 10.1 Å². The molecule has 9 heteroatoms. The van der Waals surface area contributed by atoms with Crippen LogP contribution in [0.25, 0.3) is 0 Å². The lowest BCUT2D eigenvalue weighted by Crippen LogP contribution is -2.23. The molecule has 0 aliphatic heterocycles. The Bertz CT molecular complexity index is 540. The number of aromatic amines is 1. The van der Waals surface area contributed by atoms with Crippen molar-refractivity contribution in [3.05, 3.63) is 37.8 Å². The van der Waals surface area contributed by atoms with Gasteiger partial charge in [0.15, 0.2) is 0 Å². The maximum atomic E-state index is 12.8. The first-order valence-corrected chi connectivity index (χ1v) is 4.75. The fourth-order valence-corrected chi connectivity index (χ4v) is 1.31. The first-order valence-electron chi connectivity index (χ1n) is 4.75. The molecule has 1 heterocycles. The lowest BCUT2D eigenvalue weighted by Gasteiger charge is -2.07. The summed E-state index contributed by atoms with van der Waals surface area (Å²) in [5.74, 6) is -1.32. The van der Waals surface area contributed by atoms with Crippen molar-refractivity contribution in [2.24, 2.45) is 0 Å². The number of ether oxygens (including phenoxy) is 1. The number of aromatic nitrogens is 1. The lowest BCUT2D eigenvalue weighted by molar-refractivity contribution is -0.386. The fraction of sp³-hybridized carbons (Fsp3) is 0.333. The molecule has 0 spiro atoms. The molecule has 0 aliphatic rings. The van der Waals surface area contributed by atoms with E-state index in [2.05, 4.69) is 4.74 Å². The van der Waals surface area contributed by atoms with Crippen LogP contribution in [0.3, 0.4) is 0 Å². The normalized spacial score (nSPS) is 10.4. The third-order valence-electron chi connectivity index (χ3n) is 2.01. The minimum atomic E-state index is -3.34. The Labute approximate surface area is 98.5 Å². The van der Waals surface area contributed by atoms with Gasteiger partial charge in [0.1, 0.15) is 11.1 Å². The van der Waals surface area contributed by atoms with Crippen LogP contribution < -0.4 is 5.56 Å². The Morgan fingerprint density at radius 2 is 2.22 bits per heavy atom. The van der Waals surface area contributed by atoms with Crippen molar-refractivity contribution in [1.82, 2.24) is 4.98 Å². The number of carbonyl (C=O) groups is 1. The van der Waals surface area contributed by atoms with Crippen molar-refractivity contribution in [2.75, 3.05) is 6.61 Å². The van der Waals surface area contributed by atoms with Gasteiger partial charge in [-0.15, -0.1) is 0 Å². The zero-order valence-corrected chi connectivity index (χ0v) is 9.11. The molecule has 1 aromatic heterocycles. The summed E-state index contributed by atoms with van der Waals surface area (Å²) in [5, 5.41) is 10.6. The topological polar surface area (TPSA) is 102 Å². The highest BCUT2D eigenvalue weighted by Crippen LogP contribution is 2.29. The summed E-state index contributed by atoms with van der Waals surface area (Å²) < 4.78 is 29.9. The van der Waals surface area contributed by atoms with Gasteiger partial charge >= 0.3 is 5.97 Å². The fourth-order valence-electron chi connectivity index (χ4n) is 1.31. The summed E-state index contributed by atoms with van der Waals surface area (Å²) in [6.45, 7) is 1.26. The Hall–Kier alpha value is -2.32. The number of nitrogens with zero attached hydrogens (tertiary/aromatic N) is 1. The predicted octanol–water partition coefficient (Wildman–Crippen LogP) is 1.40. The van der Waals surface area contributed by atoms with E-state index in [0.717, 1.165) is 0 Å². The van der Waals surface area contributed by atoms with Crippen LogP contribution in [0.15, 0.2) is 11.0 Å². The molecule has 0 fully saturated rings. The molecular weight excluding hydrogens is 254 g/mol. The van der Waals surface area contributed by atoms with Gasteiger partial charge in [-0.3, -0.25) is 14.9 Å². The van der Waals surface area contributed by atoms with Crippen molar-refractivity contribution < 1.29 is 23.2 Å². The van der Waals surface area contributed by atoms with Gasteiger partial charge in [-0.05, 0) is 6.92 Å². The molecule has 1 N–H and O–H groups in total. The number of rotatable bonds is 4. The van der Waals surface area contributed by atoms with Gasteiger partial charge in [0, 0.05) is 0 Å². The summed E-state index contributed by atoms with van der Waals surface area (Å²) >= 11 is 0. The standard InChI is InChI=1S/C9H8F2N2O5/c1-2-18-9(15)6-5(7(10)11)4(13(16)17)3-12-8(6)14/h3,7H,2H2,1H3,(H,12,14). The van der Waals surface area contributed by atoms with Gasteiger partial charge < -0.3 is 9.72 Å². The smallest absolute Gasteiger partial charge is 0.344 e. The van der Waals surface area contributed by atoms with E-state index < -0.39 is 39.7 Å². The van der Waals surface area contributed by atoms with Crippen molar-refractivity contribution in [2.45, 2.75) is 13.3 Å². The van der Waals surface area contributed by atoms with Crippen molar-refractivity contribution in [1.29, 1.82) is 0 Å². The molecule has 98 valence electrons. The third-order valence-corrected chi connectivity index (χ3v) is 2.01. The van der Waals surface area contributed by atoms with Gasteiger partial charge in [0.25, 0.3) is 17.7 Å². The number of pyridine rings is 1. The van der Waals surface area contributed by atoms with E-state index in [1.165, 1.54) is 6.92 Å². The van der Waals surface area contributed by atoms with E-state index in [0.29, 0.717) is 6.20 Å². The summed E-state index contributed by atoms with van der Waals surface area (Å²) in [7, 11) is 0. The zero-order valence-electron chi connectivity index (χ0n) is 9.11. The minimum Gasteiger partial charge on any atom is -0.462 e. The van der Waals surface area contributed by atoms with E-state index >= 15 is 0 Å². The molecule has 7 nitrogen and oxygen atoms in total. The second kappa shape index (κ2) is 5.34. The highest BCUT2D eigenvalue weighted by atomic mass is 19.3. The van der Waals surface area contributed by atoms with Gasteiger partial charge in [-0.25, -0.2) is 13.6 Å². The molecule has 0 amide bonds. The number of nitro groups is 1. The number of halogens is 2. The molecule has 0 saturated carbocycles.